The number of nitrogens with zero attached hydrogens (tertiary/aromatic N) is 3. The lowest BCUT2D eigenvalue weighted by Gasteiger charge is -2.07. The van der Waals surface area contributed by atoms with E-state index in [1.54, 1.807) is 6.20 Å². The predicted octanol–water partition coefficient (Wildman–Crippen LogP) is 4.30. The quantitative estimate of drug-likeness (QED) is 0.673. The van der Waals surface area contributed by atoms with E-state index in [2.05, 4.69) is 21.9 Å². The maximum atomic E-state index is 6.12. The molecule has 100 valence electrons. The molecule has 0 atom stereocenters. The van der Waals surface area contributed by atoms with Gasteiger partial charge in [-0.2, -0.15) is 0 Å². The van der Waals surface area contributed by atoms with E-state index in [0.29, 0.717) is 11.0 Å². The van der Waals surface area contributed by atoms with Crippen LogP contribution in [0.4, 0.5) is 0 Å². The summed E-state index contributed by atoms with van der Waals surface area (Å²) in [5.74, 6) is 0.666. The van der Waals surface area contributed by atoms with Crippen LogP contribution in [0.25, 0.3) is 22.3 Å². The van der Waals surface area contributed by atoms with Crippen molar-refractivity contribution in [3.05, 3.63) is 53.4 Å². The fourth-order valence-corrected chi connectivity index (χ4v) is 2.47. The first-order chi connectivity index (χ1) is 9.78. The fraction of sp³-hybridized carbons (Fsp3) is 0.188. The van der Waals surface area contributed by atoms with Crippen LogP contribution in [0.15, 0.2) is 42.6 Å². The summed E-state index contributed by atoms with van der Waals surface area (Å²) in [5.41, 5.74) is 2.88. The van der Waals surface area contributed by atoms with Crippen LogP contribution in [0.2, 0.25) is 5.15 Å². The van der Waals surface area contributed by atoms with Crippen molar-refractivity contribution in [2.75, 3.05) is 0 Å². The lowest BCUT2D eigenvalue weighted by Crippen LogP contribution is -1.97. The van der Waals surface area contributed by atoms with Crippen molar-refractivity contribution < 1.29 is 0 Å². The van der Waals surface area contributed by atoms with E-state index in [4.69, 9.17) is 11.6 Å². The zero-order valence-electron chi connectivity index (χ0n) is 11.2. The molecular weight excluding hydrogens is 270 g/mol. The van der Waals surface area contributed by atoms with Gasteiger partial charge in [0.25, 0.3) is 0 Å². The smallest absolute Gasteiger partial charge is 0.161 e. The molecule has 0 unspecified atom stereocenters. The second kappa shape index (κ2) is 5.55. The summed E-state index contributed by atoms with van der Waals surface area (Å²) >= 11 is 6.12. The number of hydrogen-bond donors (Lipinski definition) is 0. The van der Waals surface area contributed by atoms with E-state index in [-0.39, 0.29) is 0 Å². The Kier molecular flexibility index (Phi) is 3.61. The van der Waals surface area contributed by atoms with Crippen molar-refractivity contribution in [1.29, 1.82) is 0 Å². The Hall–Kier alpha value is -2.00. The molecule has 3 nitrogen and oxygen atoms in total. The molecular formula is C16H14ClN3. The standard InChI is InChI=1S/C16H14ClN3/c1-2-5-11-10-15(17)20-16(19-11)13-8-9-18-14-7-4-3-6-12(13)14/h3-4,6-10H,2,5H2,1H3. The zero-order valence-corrected chi connectivity index (χ0v) is 11.9. The van der Waals surface area contributed by atoms with Gasteiger partial charge in [-0.3, -0.25) is 4.98 Å². The summed E-state index contributed by atoms with van der Waals surface area (Å²) in [6.07, 6.45) is 3.71. The highest BCUT2D eigenvalue weighted by molar-refractivity contribution is 6.29. The highest BCUT2D eigenvalue weighted by atomic mass is 35.5. The van der Waals surface area contributed by atoms with Gasteiger partial charge < -0.3 is 0 Å². The average molecular weight is 284 g/mol. The summed E-state index contributed by atoms with van der Waals surface area (Å²) in [6, 6.07) is 11.7. The van der Waals surface area contributed by atoms with Gasteiger partial charge in [0, 0.05) is 22.8 Å². The lowest BCUT2D eigenvalue weighted by molar-refractivity contribution is 0.875. The molecule has 2 heterocycles. The summed E-state index contributed by atoms with van der Waals surface area (Å²) in [5, 5.41) is 1.53. The summed E-state index contributed by atoms with van der Waals surface area (Å²) in [4.78, 5) is 13.3. The minimum absolute atomic E-state index is 0.486. The normalized spacial score (nSPS) is 10.9. The zero-order chi connectivity index (χ0) is 13.9. The number of para-hydroxylation sites is 1. The Bertz CT molecular complexity index is 750. The van der Waals surface area contributed by atoms with Gasteiger partial charge in [0.15, 0.2) is 5.82 Å². The van der Waals surface area contributed by atoms with E-state index in [1.807, 2.05) is 36.4 Å². The molecule has 2 aromatic heterocycles. The Balaban J connectivity index is 2.20. The molecule has 3 aromatic rings. The summed E-state index contributed by atoms with van der Waals surface area (Å²) < 4.78 is 0. The maximum Gasteiger partial charge on any atom is 0.161 e. The SMILES string of the molecule is CCCc1cc(Cl)nc(-c2ccnc3ccccc23)n1. The van der Waals surface area contributed by atoms with Gasteiger partial charge in [-0.25, -0.2) is 9.97 Å². The second-order valence-electron chi connectivity index (χ2n) is 4.63. The highest BCUT2D eigenvalue weighted by Gasteiger charge is 2.09. The Labute approximate surface area is 122 Å². The Morgan fingerprint density at radius 1 is 1.10 bits per heavy atom. The largest absolute Gasteiger partial charge is 0.256 e. The first kappa shape index (κ1) is 13.0. The van der Waals surface area contributed by atoms with Crippen LogP contribution in [0.5, 0.6) is 0 Å². The van der Waals surface area contributed by atoms with E-state index < -0.39 is 0 Å². The van der Waals surface area contributed by atoms with Crippen molar-refractivity contribution in [1.82, 2.24) is 15.0 Å². The minimum Gasteiger partial charge on any atom is -0.256 e. The molecule has 0 aliphatic rings. The monoisotopic (exact) mass is 283 g/mol. The molecule has 1 aromatic carbocycles. The molecule has 20 heavy (non-hydrogen) atoms. The molecule has 0 aliphatic carbocycles. The van der Waals surface area contributed by atoms with Gasteiger partial charge in [-0.1, -0.05) is 43.1 Å². The molecule has 0 saturated carbocycles. The average Bonchev–Trinajstić information content (AvgIpc) is 2.46. The molecule has 0 spiro atoms. The molecule has 0 radical (unpaired) electrons. The molecule has 0 fully saturated rings. The van der Waals surface area contributed by atoms with E-state index in [9.17, 15) is 0 Å². The number of rotatable bonds is 3. The fourth-order valence-electron chi connectivity index (χ4n) is 2.26. The first-order valence-corrected chi connectivity index (χ1v) is 7.03. The van der Waals surface area contributed by atoms with E-state index in [0.717, 1.165) is 35.0 Å². The van der Waals surface area contributed by atoms with E-state index >= 15 is 0 Å². The molecule has 0 N–H and O–H groups in total. The van der Waals surface area contributed by atoms with Gasteiger partial charge in [0.05, 0.1) is 5.52 Å². The van der Waals surface area contributed by atoms with Crippen LogP contribution < -0.4 is 0 Å². The van der Waals surface area contributed by atoms with Crippen LogP contribution in [-0.4, -0.2) is 15.0 Å². The highest BCUT2D eigenvalue weighted by Crippen LogP contribution is 2.26. The molecule has 0 saturated heterocycles. The lowest BCUT2D eigenvalue weighted by atomic mass is 10.1. The molecule has 3 rings (SSSR count). The van der Waals surface area contributed by atoms with Crippen molar-refractivity contribution in [3.8, 4) is 11.4 Å². The van der Waals surface area contributed by atoms with Crippen LogP contribution in [0.3, 0.4) is 0 Å². The number of aromatic nitrogens is 3. The molecule has 0 aliphatic heterocycles. The van der Waals surface area contributed by atoms with Crippen LogP contribution in [0, 0.1) is 0 Å². The van der Waals surface area contributed by atoms with Crippen molar-refractivity contribution >= 4 is 22.5 Å². The summed E-state index contributed by atoms with van der Waals surface area (Å²) in [7, 11) is 0. The number of halogens is 1. The number of hydrogen-bond acceptors (Lipinski definition) is 3. The molecule has 4 heteroatoms. The molecule has 0 amide bonds. The number of benzene rings is 1. The third kappa shape index (κ3) is 2.49. The minimum atomic E-state index is 0.486. The van der Waals surface area contributed by atoms with Crippen molar-refractivity contribution in [2.45, 2.75) is 19.8 Å². The topological polar surface area (TPSA) is 38.7 Å². The van der Waals surface area contributed by atoms with Gasteiger partial charge in [-0.15, -0.1) is 0 Å². The number of pyridine rings is 1. The maximum absolute atomic E-state index is 6.12. The van der Waals surface area contributed by atoms with E-state index in [1.165, 1.54) is 0 Å². The third-order valence-electron chi connectivity index (χ3n) is 3.14. The van der Waals surface area contributed by atoms with Crippen LogP contribution in [0.1, 0.15) is 19.0 Å². The first-order valence-electron chi connectivity index (χ1n) is 6.65. The second-order valence-corrected chi connectivity index (χ2v) is 5.02. The van der Waals surface area contributed by atoms with Gasteiger partial charge in [-0.05, 0) is 24.6 Å². The van der Waals surface area contributed by atoms with Crippen molar-refractivity contribution in [2.24, 2.45) is 0 Å². The number of fused-ring (bicyclic) bond motifs is 1. The molecule has 0 bridgehead atoms. The van der Waals surface area contributed by atoms with Crippen molar-refractivity contribution in [3.63, 3.8) is 0 Å². The van der Waals surface area contributed by atoms with Crippen LogP contribution in [-0.2, 0) is 6.42 Å². The van der Waals surface area contributed by atoms with Gasteiger partial charge in [0.1, 0.15) is 5.15 Å². The third-order valence-corrected chi connectivity index (χ3v) is 3.34. The Morgan fingerprint density at radius 3 is 2.80 bits per heavy atom. The predicted molar refractivity (Wildman–Crippen MR) is 81.8 cm³/mol. The van der Waals surface area contributed by atoms with Gasteiger partial charge in [0.2, 0.25) is 0 Å². The summed E-state index contributed by atoms with van der Waals surface area (Å²) in [6.45, 7) is 2.12. The number of aryl methyl sites for hydroxylation is 1. The van der Waals surface area contributed by atoms with Crippen LogP contribution >= 0.6 is 11.6 Å². The van der Waals surface area contributed by atoms with Gasteiger partial charge >= 0.3 is 0 Å². The Morgan fingerprint density at radius 2 is 1.95 bits per heavy atom.